The van der Waals surface area contributed by atoms with Gasteiger partial charge in [-0.05, 0) is 12.1 Å². The highest BCUT2D eigenvalue weighted by Gasteiger charge is 2.06. The summed E-state index contributed by atoms with van der Waals surface area (Å²) in [4.78, 5) is 12.1. The van der Waals surface area contributed by atoms with E-state index < -0.39 is 0 Å². The number of rotatable bonds is 5. The average molecular weight is 283 g/mol. The summed E-state index contributed by atoms with van der Waals surface area (Å²) < 4.78 is 13.3. The van der Waals surface area contributed by atoms with E-state index in [0.717, 1.165) is 0 Å². The number of carbonyl (C=O) groups is 1. The van der Waals surface area contributed by atoms with Crippen LogP contribution in [0.2, 0.25) is 0 Å². The highest BCUT2D eigenvalue weighted by molar-refractivity contribution is 7.99. The molecule has 0 aliphatic rings. The van der Waals surface area contributed by atoms with Crippen molar-refractivity contribution in [3.63, 3.8) is 0 Å². The van der Waals surface area contributed by atoms with Crippen LogP contribution in [0, 0.1) is 5.82 Å². The second kappa shape index (κ2) is 6.46. The van der Waals surface area contributed by atoms with Gasteiger partial charge in [0.05, 0.1) is 0 Å². The lowest BCUT2D eigenvalue weighted by Crippen LogP contribution is -2.11. The molecule has 0 aliphatic carbocycles. The molecular formula is C11H10FN3OS2. The molecule has 2 aromatic rings. The Labute approximate surface area is 112 Å². The van der Waals surface area contributed by atoms with Crippen molar-refractivity contribution in [2.24, 2.45) is 0 Å². The summed E-state index contributed by atoms with van der Waals surface area (Å²) in [5.41, 5.74) is 1.55. The Morgan fingerprint density at radius 1 is 1.44 bits per heavy atom. The molecule has 0 radical (unpaired) electrons. The Morgan fingerprint density at radius 2 is 2.28 bits per heavy atom. The molecule has 1 N–H and O–H groups in total. The fraction of sp³-hybridized carbons (Fsp3) is 0.182. The fourth-order valence-corrected chi connectivity index (χ4v) is 2.57. The monoisotopic (exact) mass is 283 g/mol. The van der Waals surface area contributed by atoms with E-state index in [1.807, 2.05) is 0 Å². The highest BCUT2D eigenvalue weighted by atomic mass is 32.2. The zero-order valence-corrected chi connectivity index (χ0v) is 10.9. The number of thioether (sulfide) groups is 1. The molecular weight excluding hydrogens is 273 g/mol. The van der Waals surface area contributed by atoms with Crippen LogP contribution in [-0.4, -0.2) is 21.9 Å². The molecule has 0 spiro atoms. The lowest BCUT2D eigenvalue weighted by Gasteiger charge is -2.02. The number of carbonyl (C=O) groups excluding carboxylic acids is 1. The summed E-state index contributed by atoms with van der Waals surface area (Å²) in [7, 11) is 0. The van der Waals surface area contributed by atoms with E-state index in [1.165, 1.54) is 29.2 Å². The van der Waals surface area contributed by atoms with Crippen molar-refractivity contribution in [1.82, 2.24) is 10.2 Å². The number of nitrogens with one attached hydrogen (secondary N) is 1. The van der Waals surface area contributed by atoms with Gasteiger partial charge < -0.3 is 5.32 Å². The van der Waals surface area contributed by atoms with E-state index in [0.29, 0.717) is 22.2 Å². The van der Waals surface area contributed by atoms with Gasteiger partial charge in [-0.25, -0.2) is 4.39 Å². The van der Waals surface area contributed by atoms with Crippen LogP contribution < -0.4 is 5.32 Å². The van der Waals surface area contributed by atoms with Gasteiger partial charge >= 0.3 is 0 Å². The largest absolute Gasteiger partial charge is 0.301 e. The summed E-state index contributed by atoms with van der Waals surface area (Å²) in [6.07, 6.45) is 0.304. The van der Waals surface area contributed by atoms with Crippen molar-refractivity contribution >= 4 is 34.1 Å². The number of benzene rings is 1. The molecule has 4 nitrogen and oxygen atoms in total. The molecule has 7 heteroatoms. The predicted molar refractivity (Wildman–Crippen MR) is 70.3 cm³/mol. The Balaban J connectivity index is 1.75. The lowest BCUT2D eigenvalue weighted by molar-refractivity contribution is -0.115. The molecule has 1 aromatic carbocycles. The minimum atomic E-state index is -0.257. The summed E-state index contributed by atoms with van der Waals surface area (Å²) in [6.45, 7) is 0. The molecule has 94 valence electrons. The molecule has 1 heterocycles. The van der Waals surface area contributed by atoms with Crippen molar-refractivity contribution in [1.29, 1.82) is 0 Å². The standard InChI is InChI=1S/C11H10FN3OS2/c12-8-3-1-2-4-9(8)17-6-5-10(16)14-11-15-13-7-18-11/h1-4,7H,5-6H2,(H,14,15,16). The van der Waals surface area contributed by atoms with E-state index in [-0.39, 0.29) is 11.7 Å². The first-order valence-corrected chi connectivity index (χ1v) is 7.05. The molecule has 0 atom stereocenters. The molecule has 0 fully saturated rings. The first kappa shape index (κ1) is 13.0. The molecule has 0 unspecified atom stereocenters. The quantitative estimate of drug-likeness (QED) is 0.857. The third-order valence-electron chi connectivity index (χ3n) is 2.03. The van der Waals surface area contributed by atoms with Crippen molar-refractivity contribution in [3.8, 4) is 0 Å². The van der Waals surface area contributed by atoms with Crippen LogP contribution in [0.25, 0.3) is 0 Å². The normalized spacial score (nSPS) is 10.3. The van der Waals surface area contributed by atoms with Gasteiger partial charge in [-0.2, -0.15) is 0 Å². The Kier molecular flexibility index (Phi) is 4.66. The van der Waals surface area contributed by atoms with Crippen LogP contribution >= 0.6 is 23.1 Å². The van der Waals surface area contributed by atoms with Crippen LogP contribution in [-0.2, 0) is 4.79 Å². The van der Waals surface area contributed by atoms with Crippen molar-refractivity contribution in [3.05, 3.63) is 35.6 Å². The Bertz CT molecular complexity index is 519. The first-order valence-electron chi connectivity index (χ1n) is 5.19. The highest BCUT2D eigenvalue weighted by Crippen LogP contribution is 2.21. The van der Waals surface area contributed by atoms with Crippen LogP contribution in [0.1, 0.15) is 6.42 Å². The number of anilines is 1. The van der Waals surface area contributed by atoms with Gasteiger partial charge in [0, 0.05) is 17.1 Å². The SMILES string of the molecule is O=C(CCSc1ccccc1F)Nc1nncs1. The van der Waals surface area contributed by atoms with E-state index in [1.54, 1.807) is 23.7 Å². The molecule has 0 bridgehead atoms. The van der Waals surface area contributed by atoms with E-state index in [9.17, 15) is 9.18 Å². The van der Waals surface area contributed by atoms with E-state index in [4.69, 9.17) is 0 Å². The number of hydrogen-bond donors (Lipinski definition) is 1. The van der Waals surface area contributed by atoms with Crippen LogP contribution in [0.5, 0.6) is 0 Å². The molecule has 1 aromatic heterocycles. The van der Waals surface area contributed by atoms with Gasteiger partial charge in [0.1, 0.15) is 11.3 Å². The number of hydrogen-bond acceptors (Lipinski definition) is 5. The zero-order valence-electron chi connectivity index (χ0n) is 9.30. The maximum absolute atomic E-state index is 13.3. The smallest absolute Gasteiger partial charge is 0.227 e. The minimum absolute atomic E-state index is 0.143. The molecule has 1 amide bonds. The van der Waals surface area contributed by atoms with Gasteiger partial charge in [-0.15, -0.1) is 22.0 Å². The van der Waals surface area contributed by atoms with Gasteiger partial charge in [0.15, 0.2) is 0 Å². The molecule has 18 heavy (non-hydrogen) atoms. The van der Waals surface area contributed by atoms with Crippen molar-refractivity contribution in [2.75, 3.05) is 11.1 Å². The maximum Gasteiger partial charge on any atom is 0.227 e. The summed E-state index contributed by atoms with van der Waals surface area (Å²) >= 11 is 2.58. The van der Waals surface area contributed by atoms with Crippen molar-refractivity contribution in [2.45, 2.75) is 11.3 Å². The van der Waals surface area contributed by atoms with Crippen LogP contribution in [0.4, 0.5) is 9.52 Å². The molecule has 0 saturated heterocycles. The van der Waals surface area contributed by atoms with Gasteiger partial charge in [-0.1, -0.05) is 23.5 Å². The first-order chi connectivity index (χ1) is 8.75. The maximum atomic E-state index is 13.3. The van der Waals surface area contributed by atoms with Crippen LogP contribution in [0.3, 0.4) is 0 Å². The second-order valence-electron chi connectivity index (χ2n) is 3.32. The van der Waals surface area contributed by atoms with Gasteiger partial charge in [0.25, 0.3) is 0 Å². The molecule has 0 saturated carbocycles. The van der Waals surface area contributed by atoms with Gasteiger partial charge in [0.2, 0.25) is 11.0 Å². The Hall–Kier alpha value is -1.47. The van der Waals surface area contributed by atoms with E-state index >= 15 is 0 Å². The summed E-state index contributed by atoms with van der Waals surface area (Å²) in [6, 6.07) is 6.51. The number of halogens is 1. The van der Waals surface area contributed by atoms with Crippen LogP contribution in [0.15, 0.2) is 34.7 Å². The second-order valence-corrected chi connectivity index (χ2v) is 5.29. The predicted octanol–water partition coefficient (Wildman–Crippen LogP) is 2.80. The third-order valence-corrected chi connectivity index (χ3v) is 3.69. The number of nitrogens with zero attached hydrogens (tertiary/aromatic N) is 2. The minimum Gasteiger partial charge on any atom is -0.301 e. The van der Waals surface area contributed by atoms with Gasteiger partial charge in [-0.3, -0.25) is 4.79 Å². The van der Waals surface area contributed by atoms with E-state index in [2.05, 4.69) is 15.5 Å². The average Bonchev–Trinajstić information content (AvgIpc) is 2.84. The topological polar surface area (TPSA) is 54.9 Å². The Morgan fingerprint density at radius 3 is 3.00 bits per heavy atom. The summed E-state index contributed by atoms with van der Waals surface area (Å²) in [5, 5.41) is 10.4. The molecule has 2 rings (SSSR count). The fourth-order valence-electron chi connectivity index (χ4n) is 1.22. The third kappa shape index (κ3) is 3.78. The summed E-state index contributed by atoms with van der Waals surface area (Å²) in [5.74, 6) is 0.119. The molecule has 0 aliphatic heterocycles. The zero-order chi connectivity index (χ0) is 12.8. The lowest BCUT2D eigenvalue weighted by atomic mass is 10.3. The number of amides is 1. The number of aromatic nitrogens is 2. The van der Waals surface area contributed by atoms with Crippen molar-refractivity contribution < 1.29 is 9.18 Å².